The highest BCUT2D eigenvalue weighted by molar-refractivity contribution is 6.00. The van der Waals surface area contributed by atoms with Gasteiger partial charge in [0.25, 0.3) is 11.8 Å². The third-order valence-corrected chi connectivity index (χ3v) is 7.10. The molecule has 1 unspecified atom stereocenters. The van der Waals surface area contributed by atoms with E-state index in [0.717, 1.165) is 27.6 Å². The van der Waals surface area contributed by atoms with Gasteiger partial charge in [0.2, 0.25) is 0 Å². The number of nitrogens with one attached hydrogen (secondary N) is 2. The first-order valence-electron chi connectivity index (χ1n) is 13.3. The molecule has 39 heavy (non-hydrogen) atoms. The molecule has 0 saturated heterocycles. The minimum Gasteiger partial charge on any atom is -0.486 e. The van der Waals surface area contributed by atoms with Crippen LogP contribution < -0.4 is 14.8 Å². The van der Waals surface area contributed by atoms with Gasteiger partial charge in [0.1, 0.15) is 13.2 Å². The maximum absolute atomic E-state index is 13.5. The number of benzene rings is 3. The summed E-state index contributed by atoms with van der Waals surface area (Å²) in [4.78, 5) is 31.3. The number of aliphatic hydroxyl groups excluding tert-OH is 1. The Bertz CT molecular complexity index is 1470. The van der Waals surface area contributed by atoms with Crippen molar-refractivity contribution in [1.82, 2.24) is 15.2 Å². The second-order valence-corrected chi connectivity index (χ2v) is 9.52. The number of ether oxygens (including phenoxy) is 2. The first kappa shape index (κ1) is 26.3. The molecule has 4 aromatic rings. The van der Waals surface area contributed by atoms with Gasteiger partial charge < -0.3 is 29.8 Å². The molecular formula is C31H33N3O5. The maximum atomic E-state index is 13.5. The van der Waals surface area contributed by atoms with Crippen LogP contribution >= 0.6 is 0 Å². The number of carbonyl (C=O) groups excluding carboxylic acids is 2. The number of hydrogen-bond acceptors (Lipinski definition) is 5. The lowest BCUT2D eigenvalue weighted by molar-refractivity contribution is 0.0772. The smallest absolute Gasteiger partial charge is 0.255 e. The zero-order valence-electron chi connectivity index (χ0n) is 22.2. The minimum atomic E-state index is -0.495. The van der Waals surface area contributed by atoms with Gasteiger partial charge in [0.05, 0.1) is 18.2 Å². The molecule has 1 aliphatic rings. The lowest BCUT2D eigenvalue weighted by atomic mass is 9.99. The van der Waals surface area contributed by atoms with Crippen molar-refractivity contribution in [2.75, 3.05) is 32.9 Å². The lowest BCUT2D eigenvalue weighted by Gasteiger charge is -2.23. The first-order chi connectivity index (χ1) is 19.0. The van der Waals surface area contributed by atoms with Gasteiger partial charge in [0, 0.05) is 35.8 Å². The van der Waals surface area contributed by atoms with Crippen molar-refractivity contribution in [3.63, 3.8) is 0 Å². The maximum Gasteiger partial charge on any atom is 0.255 e. The summed E-state index contributed by atoms with van der Waals surface area (Å²) in [6, 6.07) is 18.4. The van der Waals surface area contributed by atoms with E-state index in [-0.39, 0.29) is 18.4 Å². The third-order valence-electron chi connectivity index (χ3n) is 7.10. The monoisotopic (exact) mass is 527 g/mol. The molecule has 3 N–H and O–H groups in total. The van der Waals surface area contributed by atoms with Crippen molar-refractivity contribution in [3.8, 4) is 22.6 Å². The van der Waals surface area contributed by atoms with Gasteiger partial charge in [-0.3, -0.25) is 9.59 Å². The molecule has 0 spiro atoms. The standard InChI is InChI=1S/C31H33N3O5/c1-3-34(4-2)31(37)21-11-9-20(10-12-21)22-16-26(29-28(17-22)38-13-14-39-29)30(36)33-24(19-35)15-23-18-32-27-8-6-5-7-25(23)27/h5-12,16-18,24,32,35H,3-4,13-15,19H2,1-2H3,(H,33,36). The molecule has 1 aliphatic heterocycles. The van der Waals surface area contributed by atoms with E-state index in [1.54, 1.807) is 23.1 Å². The molecule has 8 heteroatoms. The summed E-state index contributed by atoms with van der Waals surface area (Å²) in [6.45, 7) is 5.72. The number of nitrogens with zero attached hydrogens (tertiary/aromatic N) is 1. The number of carbonyl (C=O) groups is 2. The second-order valence-electron chi connectivity index (χ2n) is 9.52. The van der Waals surface area contributed by atoms with Gasteiger partial charge in [-0.1, -0.05) is 30.3 Å². The van der Waals surface area contributed by atoms with Crippen LogP contribution in [0.1, 0.15) is 40.1 Å². The molecule has 8 nitrogen and oxygen atoms in total. The Morgan fingerprint density at radius 3 is 2.49 bits per heavy atom. The van der Waals surface area contributed by atoms with Crippen molar-refractivity contribution in [2.45, 2.75) is 26.3 Å². The Kier molecular flexibility index (Phi) is 7.84. The van der Waals surface area contributed by atoms with Crippen LogP contribution in [-0.4, -0.2) is 65.8 Å². The van der Waals surface area contributed by atoms with Gasteiger partial charge in [0.15, 0.2) is 11.5 Å². The molecule has 5 rings (SSSR count). The molecule has 1 aromatic heterocycles. The first-order valence-corrected chi connectivity index (χ1v) is 13.3. The summed E-state index contributed by atoms with van der Waals surface area (Å²) in [5.41, 5.74) is 4.58. The molecule has 0 radical (unpaired) electrons. The van der Waals surface area contributed by atoms with Crippen molar-refractivity contribution in [2.24, 2.45) is 0 Å². The lowest BCUT2D eigenvalue weighted by Crippen LogP contribution is -2.39. The Hall–Kier alpha value is -4.30. The fourth-order valence-electron chi connectivity index (χ4n) is 4.98. The van der Waals surface area contributed by atoms with E-state index in [9.17, 15) is 14.7 Å². The molecule has 2 amide bonds. The quantitative estimate of drug-likeness (QED) is 0.299. The van der Waals surface area contributed by atoms with Crippen molar-refractivity contribution in [1.29, 1.82) is 0 Å². The van der Waals surface area contributed by atoms with Gasteiger partial charge in [-0.25, -0.2) is 0 Å². The second kappa shape index (κ2) is 11.6. The zero-order valence-corrected chi connectivity index (χ0v) is 22.2. The van der Waals surface area contributed by atoms with Gasteiger partial charge >= 0.3 is 0 Å². The van der Waals surface area contributed by atoms with Gasteiger partial charge in [-0.2, -0.15) is 0 Å². The van der Waals surface area contributed by atoms with Crippen LogP contribution in [0.2, 0.25) is 0 Å². The van der Waals surface area contributed by atoms with E-state index >= 15 is 0 Å². The molecule has 0 aliphatic carbocycles. The van der Waals surface area contributed by atoms with E-state index in [2.05, 4.69) is 10.3 Å². The predicted molar refractivity (Wildman–Crippen MR) is 150 cm³/mol. The summed E-state index contributed by atoms with van der Waals surface area (Å²) in [5.74, 6) is 0.508. The van der Waals surface area contributed by atoms with Crippen molar-refractivity contribution >= 4 is 22.7 Å². The van der Waals surface area contributed by atoms with E-state index in [0.29, 0.717) is 55.4 Å². The van der Waals surface area contributed by atoms with E-state index in [1.165, 1.54) is 0 Å². The molecule has 2 heterocycles. The number of rotatable bonds is 9. The van der Waals surface area contributed by atoms with E-state index < -0.39 is 6.04 Å². The highest BCUT2D eigenvalue weighted by Gasteiger charge is 2.25. The number of hydrogen-bond donors (Lipinski definition) is 3. The fourth-order valence-corrected chi connectivity index (χ4v) is 4.98. The highest BCUT2D eigenvalue weighted by atomic mass is 16.6. The number of amides is 2. The minimum absolute atomic E-state index is 0.0148. The Morgan fingerprint density at radius 1 is 1.00 bits per heavy atom. The van der Waals surface area contributed by atoms with Crippen LogP contribution in [0, 0.1) is 0 Å². The fraction of sp³-hybridized carbons (Fsp3) is 0.290. The number of aromatic nitrogens is 1. The predicted octanol–water partition coefficient (Wildman–Crippen LogP) is 4.42. The SMILES string of the molecule is CCN(CC)C(=O)c1ccc(-c2cc3c(c(C(=O)NC(CO)Cc4c[nH]c5ccccc45)c2)OCCO3)cc1. The number of fused-ring (bicyclic) bond motifs is 2. The van der Waals surface area contributed by atoms with Crippen LogP contribution in [0.5, 0.6) is 11.5 Å². The summed E-state index contributed by atoms with van der Waals surface area (Å²) in [7, 11) is 0. The highest BCUT2D eigenvalue weighted by Crippen LogP contribution is 2.38. The van der Waals surface area contributed by atoms with Crippen LogP contribution in [0.15, 0.2) is 66.9 Å². The Morgan fingerprint density at radius 2 is 1.74 bits per heavy atom. The normalized spacial score (nSPS) is 13.2. The van der Waals surface area contributed by atoms with E-state index in [4.69, 9.17) is 9.47 Å². The van der Waals surface area contributed by atoms with E-state index in [1.807, 2.05) is 62.5 Å². The average Bonchev–Trinajstić information content (AvgIpc) is 3.39. The third kappa shape index (κ3) is 5.47. The van der Waals surface area contributed by atoms with Crippen LogP contribution in [-0.2, 0) is 6.42 Å². The van der Waals surface area contributed by atoms with Crippen LogP contribution in [0.25, 0.3) is 22.0 Å². The molecule has 0 saturated carbocycles. The molecule has 202 valence electrons. The summed E-state index contributed by atoms with van der Waals surface area (Å²) in [5, 5.41) is 14.1. The number of para-hydroxylation sites is 1. The zero-order chi connectivity index (χ0) is 27.4. The average molecular weight is 528 g/mol. The molecular weight excluding hydrogens is 494 g/mol. The summed E-state index contributed by atoms with van der Waals surface area (Å²) in [6.07, 6.45) is 2.38. The molecule has 0 fully saturated rings. The Balaban J connectivity index is 1.41. The molecule has 3 aromatic carbocycles. The van der Waals surface area contributed by atoms with Crippen LogP contribution in [0.4, 0.5) is 0 Å². The number of aliphatic hydroxyl groups is 1. The van der Waals surface area contributed by atoms with Gasteiger partial charge in [-0.15, -0.1) is 0 Å². The molecule has 0 bridgehead atoms. The number of H-pyrrole nitrogens is 1. The number of aromatic amines is 1. The Labute approximate surface area is 227 Å². The van der Waals surface area contributed by atoms with Crippen LogP contribution in [0.3, 0.4) is 0 Å². The van der Waals surface area contributed by atoms with Crippen molar-refractivity contribution in [3.05, 3.63) is 83.6 Å². The van der Waals surface area contributed by atoms with Gasteiger partial charge in [-0.05, 0) is 67.3 Å². The molecule has 1 atom stereocenters. The summed E-state index contributed by atoms with van der Waals surface area (Å²) < 4.78 is 11.7. The summed E-state index contributed by atoms with van der Waals surface area (Å²) >= 11 is 0. The van der Waals surface area contributed by atoms with Crippen molar-refractivity contribution < 1.29 is 24.2 Å². The largest absolute Gasteiger partial charge is 0.486 e. The topological polar surface area (TPSA) is 104 Å².